The van der Waals surface area contributed by atoms with Crippen LogP contribution in [0.3, 0.4) is 0 Å². The van der Waals surface area contributed by atoms with Crippen molar-refractivity contribution in [1.82, 2.24) is 5.32 Å². The molecular weight excluding hydrogens is 413 g/mol. The van der Waals surface area contributed by atoms with E-state index in [0.717, 1.165) is 5.56 Å². The van der Waals surface area contributed by atoms with E-state index in [-0.39, 0.29) is 11.7 Å². The molecule has 0 heterocycles. The fourth-order valence-corrected chi connectivity index (χ4v) is 4.14. The Labute approximate surface area is 186 Å². The van der Waals surface area contributed by atoms with E-state index in [1.165, 1.54) is 28.3 Å². The molecule has 0 saturated carbocycles. The zero-order valence-electron chi connectivity index (χ0n) is 17.2. The third-order valence-electron chi connectivity index (χ3n) is 5.57. The molecule has 0 fully saturated rings. The lowest BCUT2D eigenvalue weighted by Gasteiger charge is -2.14. The van der Waals surface area contributed by atoms with Crippen molar-refractivity contribution in [2.45, 2.75) is 19.3 Å². The highest BCUT2D eigenvalue weighted by Gasteiger charge is 2.28. The van der Waals surface area contributed by atoms with Crippen molar-refractivity contribution < 1.29 is 13.9 Å². The number of carbonyl (C=O) groups excluding carboxylic acids is 1. The molecule has 3 nitrogen and oxygen atoms in total. The van der Waals surface area contributed by atoms with Gasteiger partial charge in [0, 0.05) is 18.0 Å². The van der Waals surface area contributed by atoms with Gasteiger partial charge >= 0.3 is 6.09 Å². The quantitative estimate of drug-likeness (QED) is 0.436. The Balaban J connectivity index is 1.28. The smallest absolute Gasteiger partial charge is 0.407 e. The van der Waals surface area contributed by atoms with E-state index in [9.17, 15) is 9.18 Å². The highest BCUT2D eigenvalue weighted by molar-refractivity contribution is 6.32. The molecule has 0 spiro atoms. The molecule has 0 aliphatic heterocycles. The number of nitrogens with one attached hydrogen (secondary N) is 1. The van der Waals surface area contributed by atoms with Gasteiger partial charge in [0.05, 0.1) is 5.02 Å². The highest BCUT2D eigenvalue weighted by Crippen LogP contribution is 2.44. The third kappa shape index (κ3) is 4.49. The van der Waals surface area contributed by atoms with E-state index in [4.69, 9.17) is 16.3 Å². The van der Waals surface area contributed by atoms with Gasteiger partial charge in [-0.1, -0.05) is 78.4 Å². The molecule has 3 aromatic carbocycles. The molecule has 3 aromatic rings. The van der Waals surface area contributed by atoms with Gasteiger partial charge in [-0.15, -0.1) is 0 Å². The minimum atomic E-state index is -0.439. The minimum absolute atomic E-state index is 0.0434. The number of carbonyl (C=O) groups is 1. The molecule has 158 valence electrons. The molecule has 1 N–H and O–H groups in total. The number of fused-ring (bicyclic) bond motifs is 3. The molecule has 0 saturated heterocycles. The lowest BCUT2D eigenvalue weighted by Crippen LogP contribution is -2.26. The van der Waals surface area contributed by atoms with Gasteiger partial charge in [-0.05, 0) is 47.2 Å². The van der Waals surface area contributed by atoms with Crippen LogP contribution in [0.15, 0.2) is 66.7 Å². The van der Waals surface area contributed by atoms with Crippen LogP contribution in [0.25, 0.3) is 17.2 Å². The summed E-state index contributed by atoms with van der Waals surface area (Å²) >= 11 is 6.16. The van der Waals surface area contributed by atoms with Crippen LogP contribution in [-0.2, 0) is 4.74 Å². The molecule has 1 aliphatic carbocycles. The minimum Gasteiger partial charge on any atom is -0.449 e. The van der Waals surface area contributed by atoms with Crippen LogP contribution in [0.1, 0.15) is 34.6 Å². The monoisotopic (exact) mass is 435 g/mol. The fourth-order valence-electron chi connectivity index (χ4n) is 3.93. The maximum Gasteiger partial charge on any atom is 0.407 e. The van der Waals surface area contributed by atoms with Gasteiger partial charge in [-0.3, -0.25) is 0 Å². The van der Waals surface area contributed by atoms with Gasteiger partial charge in [0.1, 0.15) is 12.4 Å². The summed E-state index contributed by atoms with van der Waals surface area (Å²) in [6.07, 6.45) is 3.89. The molecule has 0 bridgehead atoms. The Kier molecular flexibility index (Phi) is 6.38. The summed E-state index contributed by atoms with van der Waals surface area (Å²) in [5, 5.41) is 3.17. The summed E-state index contributed by atoms with van der Waals surface area (Å²) in [7, 11) is 0. The second-order valence-electron chi connectivity index (χ2n) is 7.52. The first kappa shape index (κ1) is 21.1. The molecule has 31 heavy (non-hydrogen) atoms. The molecule has 5 heteroatoms. The largest absolute Gasteiger partial charge is 0.449 e. The van der Waals surface area contributed by atoms with Crippen molar-refractivity contribution >= 4 is 23.8 Å². The Morgan fingerprint density at radius 2 is 1.71 bits per heavy atom. The summed E-state index contributed by atoms with van der Waals surface area (Å²) in [5.41, 5.74) is 5.96. The lowest BCUT2D eigenvalue weighted by atomic mass is 9.98. The average Bonchev–Trinajstić information content (AvgIpc) is 3.11. The zero-order valence-corrected chi connectivity index (χ0v) is 18.0. The molecule has 0 unspecified atom stereocenters. The van der Waals surface area contributed by atoms with Crippen molar-refractivity contribution in [3.8, 4) is 11.1 Å². The summed E-state index contributed by atoms with van der Waals surface area (Å²) in [6.45, 7) is 2.37. The van der Waals surface area contributed by atoms with Gasteiger partial charge < -0.3 is 10.1 Å². The molecule has 1 aliphatic rings. The Morgan fingerprint density at radius 3 is 2.39 bits per heavy atom. The Hall–Kier alpha value is -3.11. The SMILES string of the molecule is Cc1c(F)ccc(C=CCCNC(=O)OCC2c3ccccc3-c3ccccc32)c1Cl. The topological polar surface area (TPSA) is 38.3 Å². The van der Waals surface area contributed by atoms with E-state index >= 15 is 0 Å². The first-order valence-electron chi connectivity index (χ1n) is 10.3. The number of halogens is 2. The summed E-state index contributed by atoms with van der Waals surface area (Å²) in [4.78, 5) is 12.2. The van der Waals surface area contributed by atoms with Crippen LogP contribution in [0.4, 0.5) is 9.18 Å². The van der Waals surface area contributed by atoms with Crippen LogP contribution in [0.2, 0.25) is 5.02 Å². The van der Waals surface area contributed by atoms with E-state index in [0.29, 0.717) is 30.2 Å². The van der Waals surface area contributed by atoms with Crippen LogP contribution >= 0.6 is 11.6 Å². The molecule has 0 aromatic heterocycles. The maximum absolute atomic E-state index is 13.5. The predicted molar refractivity (Wildman–Crippen MR) is 123 cm³/mol. The summed E-state index contributed by atoms with van der Waals surface area (Å²) < 4.78 is 19.0. The van der Waals surface area contributed by atoms with Gasteiger partial charge in [-0.25, -0.2) is 9.18 Å². The van der Waals surface area contributed by atoms with Crippen LogP contribution in [-0.4, -0.2) is 19.2 Å². The maximum atomic E-state index is 13.5. The standard InChI is InChI=1S/C26H23ClFNO2/c1-17-24(28)14-13-18(25(17)27)8-6-7-15-29-26(30)31-16-23-21-11-4-2-9-19(21)20-10-3-5-12-22(20)23/h2-6,8-14,23H,7,15-16H2,1H3,(H,29,30). The molecule has 1 amide bonds. The Bertz CT molecular complexity index is 1100. The zero-order chi connectivity index (χ0) is 21.8. The van der Waals surface area contributed by atoms with Crippen molar-refractivity contribution in [2.75, 3.05) is 13.2 Å². The van der Waals surface area contributed by atoms with E-state index in [2.05, 4.69) is 29.6 Å². The number of amides is 1. The van der Waals surface area contributed by atoms with E-state index in [1.54, 1.807) is 13.0 Å². The molecule has 4 rings (SSSR count). The summed E-state index contributed by atoms with van der Waals surface area (Å²) in [5.74, 6) is -0.277. The Morgan fingerprint density at radius 1 is 1.06 bits per heavy atom. The first-order valence-corrected chi connectivity index (χ1v) is 10.6. The van der Waals surface area contributed by atoms with E-state index in [1.807, 2.05) is 36.4 Å². The lowest BCUT2D eigenvalue weighted by molar-refractivity contribution is 0.143. The van der Waals surface area contributed by atoms with Crippen molar-refractivity contribution in [1.29, 1.82) is 0 Å². The number of alkyl carbamates (subject to hydrolysis) is 1. The normalized spacial score (nSPS) is 12.6. The van der Waals surface area contributed by atoms with Crippen LogP contribution in [0, 0.1) is 12.7 Å². The number of ether oxygens (including phenoxy) is 1. The number of hydrogen-bond donors (Lipinski definition) is 1. The van der Waals surface area contributed by atoms with Crippen LogP contribution < -0.4 is 5.32 Å². The summed E-state index contributed by atoms with van der Waals surface area (Å²) in [6, 6.07) is 19.5. The van der Waals surface area contributed by atoms with Crippen molar-refractivity contribution in [2.24, 2.45) is 0 Å². The number of benzene rings is 3. The second-order valence-corrected chi connectivity index (χ2v) is 7.90. The van der Waals surface area contributed by atoms with Gasteiger partial charge in [0.15, 0.2) is 0 Å². The van der Waals surface area contributed by atoms with Gasteiger partial charge in [-0.2, -0.15) is 0 Å². The molecule has 0 radical (unpaired) electrons. The van der Waals surface area contributed by atoms with Crippen LogP contribution in [0.5, 0.6) is 0 Å². The number of rotatable bonds is 6. The first-order chi connectivity index (χ1) is 15.1. The molecule has 0 atom stereocenters. The predicted octanol–water partition coefficient (Wildman–Crippen LogP) is 6.73. The average molecular weight is 436 g/mol. The van der Waals surface area contributed by atoms with Crippen molar-refractivity contribution in [3.05, 3.63) is 99.8 Å². The van der Waals surface area contributed by atoms with Crippen molar-refractivity contribution in [3.63, 3.8) is 0 Å². The number of hydrogen-bond acceptors (Lipinski definition) is 2. The van der Waals surface area contributed by atoms with E-state index < -0.39 is 6.09 Å². The van der Waals surface area contributed by atoms with Gasteiger partial charge in [0.2, 0.25) is 0 Å². The second kappa shape index (κ2) is 9.36. The molecular formula is C26H23ClFNO2. The third-order valence-corrected chi connectivity index (χ3v) is 6.07. The van der Waals surface area contributed by atoms with Gasteiger partial charge in [0.25, 0.3) is 0 Å². The fraction of sp³-hybridized carbons (Fsp3) is 0.192. The highest BCUT2D eigenvalue weighted by atomic mass is 35.5.